The average Bonchev–Trinajstić information content (AvgIpc) is 3.42. The van der Waals surface area contributed by atoms with Gasteiger partial charge in [0.25, 0.3) is 0 Å². The van der Waals surface area contributed by atoms with Crippen LogP contribution < -0.4 is 0 Å². The summed E-state index contributed by atoms with van der Waals surface area (Å²) in [6.07, 6.45) is 87.7. The molecule has 0 saturated heterocycles. The van der Waals surface area contributed by atoms with Gasteiger partial charge in [0.2, 0.25) is 0 Å². The molecule has 0 saturated carbocycles. The first-order valence-corrected chi connectivity index (χ1v) is 31.5. The van der Waals surface area contributed by atoms with Crippen LogP contribution in [0.5, 0.6) is 0 Å². The largest absolute Gasteiger partial charge is 0.462 e. The Hall–Kier alpha value is -4.19. The minimum absolute atomic E-state index is 0.0927. The standard InChI is InChI=1S/C70H116O6/c1-4-7-10-13-16-19-22-24-26-28-30-32-34-35-37-38-40-42-44-46-48-51-54-57-60-63-69(72)75-66-67(65-74-68(71)62-59-56-53-50-21-18-15-12-9-6-3)76-70(73)64-61-58-55-52-49-47-45-43-41-39-36-33-31-29-27-25-23-20-17-14-11-8-5-2/h7,10,12,15-16,19,23-26,29-32,35-37,39-40,42,67H,4-6,8-9,11,13-14,17-18,20-22,27-28,33-34,38,41,43-66H2,1-3H3/b10-7-,15-12-,19-16-,25-23-,26-24-,31-29-,32-30-,37-35-,39-36-,42-40-. The van der Waals surface area contributed by atoms with Gasteiger partial charge < -0.3 is 14.2 Å². The Morgan fingerprint density at radius 2 is 0.539 bits per heavy atom. The molecular weight excluding hydrogens is 937 g/mol. The predicted molar refractivity (Wildman–Crippen MR) is 330 cm³/mol. The van der Waals surface area contributed by atoms with Crippen LogP contribution in [0.4, 0.5) is 0 Å². The molecule has 0 heterocycles. The minimum Gasteiger partial charge on any atom is -0.462 e. The van der Waals surface area contributed by atoms with Crippen LogP contribution in [0.25, 0.3) is 0 Å². The Balaban J connectivity index is 4.34. The average molecular weight is 1050 g/mol. The lowest BCUT2D eigenvalue weighted by molar-refractivity contribution is -0.167. The van der Waals surface area contributed by atoms with E-state index in [0.717, 1.165) is 148 Å². The minimum atomic E-state index is -0.796. The van der Waals surface area contributed by atoms with Gasteiger partial charge in [-0.15, -0.1) is 0 Å². The number of allylic oxidation sites excluding steroid dienone is 20. The van der Waals surface area contributed by atoms with Gasteiger partial charge in [0.05, 0.1) is 0 Å². The molecular formula is C70H116O6. The molecule has 0 rings (SSSR count). The van der Waals surface area contributed by atoms with E-state index in [1.807, 2.05) is 0 Å². The van der Waals surface area contributed by atoms with Crippen LogP contribution in [0.15, 0.2) is 122 Å². The number of carbonyl (C=O) groups is 3. The van der Waals surface area contributed by atoms with Crippen LogP contribution in [-0.2, 0) is 28.6 Å². The molecule has 6 heteroatoms. The summed E-state index contributed by atoms with van der Waals surface area (Å²) in [6.45, 7) is 6.43. The van der Waals surface area contributed by atoms with Gasteiger partial charge in [-0.3, -0.25) is 14.4 Å². The molecule has 0 spiro atoms. The highest BCUT2D eigenvalue weighted by Crippen LogP contribution is 2.15. The van der Waals surface area contributed by atoms with Crippen molar-refractivity contribution in [2.75, 3.05) is 13.2 Å². The molecule has 6 nitrogen and oxygen atoms in total. The summed E-state index contributed by atoms with van der Waals surface area (Å²) in [5.74, 6) is -0.923. The van der Waals surface area contributed by atoms with E-state index in [4.69, 9.17) is 14.2 Å². The Morgan fingerprint density at radius 1 is 0.276 bits per heavy atom. The zero-order valence-electron chi connectivity index (χ0n) is 49.5. The first-order valence-electron chi connectivity index (χ1n) is 31.5. The lowest BCUT2D eigenvalue weighted by atomic mass is 10.1. The normalized spacial score (nSPS) is 12.9. The quantitative estimate of drug-likeness (QED) is 0.0261. The maximum atomic E-state index is 12.9. The van der Waals surface area contributed by atoms with Gasteiger partial charge in [-0.25, -0.2) is 0 Å². The second-order valence-electron chi connectivity index (χ2n) is 20.6. The van der Waals surface area contributed by atoms with Gasteiger partial charge in [0.1, 0.15) is 13.2 Å². The molecule has 1 unspecified atom stereocenters. The molecule has 0 N–H and O–H groups in total. The third-order valence-corrected chi connectivity index (χ3v) is 13.2. The maximum Gasteiger partial charge on any atom is 0.306 e. The van der Waals surface area contributed by atoms with Gasteiger partial charge in [-0.05, 0) is 128 Å². The molecule has 0 aliphatic rings. The molecule has 1 atom stereocenters. The van der Waals surface area contributed by atoms with Gasteiger partial charge >= 0.3 is 17.9 Å². The van der Waals surface area contributed by atoms with Crippen molar-refractivity contribution >= 4 is 17.9 Å². The van der Waals surface area contributed by atoms with Gasteiger partial charge in [0, 0.05) is 19.3 Å². The molecule has 0 aliphatic heterocycles. The second-order valence-corrected chi connectivity index (χ2v) is 20.6. The van der Waals surface area contributed by atoms with Crippen molar-refractivity contribution in [3.8, 4) is 0 Å². The Morgan fingerprint density at radius 3 is 0.868 bits per heavy atom. The second kappa shape index (κ2) is 63.3. The van der Waals surface area contributed by atoms with Crippen LogP contribution in [0.2, 0.25) is 0 Å². The summed E-state index contributed by atoms with van der Waals surface area (Å²) < 4.78 is 16.9. The fourth-order valence-electron chi connectivity index (χ4n) is 8.46. The van der Waals surface area contributed by atoms with E-state index in [0.29, 0.717) is 19.3 Å². The van der Waals surface area contributed by atoms with E-state index in [1.165, 1.54) is 96.3 Å². The molecule has 0 radical (unpaired) electrons. The molecule has 0 aromatic heterocycles. The number of hydrogen-bond donors (Lipinski definition) is 0. The fourth-order valence-corrected chi connectivity index (χ4v) is 8.46. The van der Waals surface area contributed by atoms with E-state index in [9.17, 15) is 14.4 Å². The molecule has 0 amide bonds. The van der Waals surface area contributed by atoms with Crippen molar-refractivity contribution < 1.29 is 28.6 Å². The summed E-state index contributed by atoms with van der Waals surface area (Å²) in [6, 6.07) is 0. The van der Waals surface area contributed by atoms with E-state index in [1.54, 1.807) is 0 Å². The van der Waals surface area contributed by atoms with Gasteiger partial charge in [-0.2, -0.15) is 0 Å². The number of hydrogen-bond acceptors (Lipinski definition) is 6. The zero-order chi connectivity index (χ0) is 55.0. The number of rotatable bonds is 56. The molecule has 0 fully saturated rings. The Labute approximate surface area is 469 Å². The maximum absolute atomic E-state index is 12.9. The molecule has 76 heavy (non-hydrogen) atoms. The van der Waals surface area contributed by atoms with E-state index in [2.05, 4.69) is 142 Å². The van der Waals surface area contributed by atoms with Crippen LogP contribution in [-0.4, -0.2) is 37.2 Å². The third kappa shape index (κ3) is 60.7. The van der Waals surface area contributed by atoms with Crippen molar-refractivity contribution in [1.82, 2.24) is 0 Å². The zero-order valence-corrected chi connectivity index (χ0v) is 49.5. The Bertz CT molecular complexity index is 1590. The van der Waals surface area contributed by atoms with E-state index < -0.39 is 6.10 Å². The predicted octanol–water partition coefficient (Wildman–Crippen LogP) is 21.6. The van der Waals surface area contributed by atoms with Crippen molar-refractivity contribution in [3.05, 3.63) is 122 Å². The van der Waals surface area contributed by atoms with Crippen molar-refractivity contribution in [1.29, 1.82) is 0 Å². The molecule has 0 aliphatic carbocycles. The van der Waals surface area contributed by atoms with Crippen LogP contribution >= 0.6 is 0 Å². The number of carbonyl (C=O) groups excluding carboxylic acids is 3. The molecule has 0 aromatic rings. The molecule has 0 aromatic carbocycles. The van der Waals surface area contributed by atoms with Gasteiger partial charge in [0.15, 0.2) is 6.10 Å². The lowest BCUT2D eigenvalue weighted by Gasteiger charge is -2.18. The first kappa shape index (κ1) is 71.8. The van der Waals surface area contributed by atoms with Crippen LogP contribution in [0.3, 0.4) is 0 Å². The first-order chi connectivity index (χ1) is 37.5. The molecule has 432 valence electrons. The lowest BCUT2D eigenvalue weighted by Crippen LogP contribution is -2.30. The van der Waals surface area contributed by atoms with Gasteiger partial charge in [-0.1, -0.05) is 258 Å². The SMILES string of the molecule is CC/C=C\C/C=C\C/C=C\C/C=C\C/C=C\C/C=C\CCCCCCCCC(=O)OCC(COC(=O)CCCCCCC/C=C\CCC)OC(=O)CCCCCCCCCC/C=C\C/C=C\C/C=C\CCCCCCC. The Kier molecular flexibility index (Phi) is 59.9. The summed E-state index contributed by atoms with van der Waals surface area (Å²) in [5.41, 5.74) is 0. The number of unbranched alkanes of at least 4 members (excludes halogenated alkanes) is 25. The monoisotopic (exact) mass is 1050 g/mol. The topological polar surface area (TPSA) is 78.9 Å². The van der Waals surface area contributed by atoms with Crippen molar-refractivity contribution in [2.24, 2.45) is 0 Å². The summed E-state index contributed by atoms with van der Waals surface area (Å²) in [7, 11) is 0. The molecule has 0 bridgehead atoms. The summed E-state index contributed by atoms with van der Waals surface area (Å²) in [4.78, 5) is 38.2. The number of esters is 3. The summed E-state index contributed by atoms with van der Waals surface area (Å²) in [5, 5.41) is 0. The van der Waals surface area contributed by atoms with E-state index in [-0.39, 0.29) is 31.1 Å². The van der Waals surface area contributed by atoms with Crippen molar-refractivity contribution in [2.45, 2.75) is 290 Å². The third-order valence-electron chi connectivity index (χ3n) is 13.2. The smallest absolute Gasteiger partial charge is 0.306 e. The highest BCUT2D eigenvalue weighted by atomic mass is 16.6. The number of ether oxygens (including phenoxy) is 3. The fraction of sp³-hybridized carbons (Fsp3) is 0.671. The van der Waals surface area contributed by atoms with E-state index >= 15 is 0 Å². The van der Waals surface area contributed by atoms with Crippen molar-refractivity contribution in [3.63, 3.8) is 0 Å². The van der Waals surface area contributed by atoms with Crippen LogP contribution in [0, 0.1) is 0 Å². The highest BCUT2D eigenvalue weighted by Gasteiger charge is 2.19. The van der Waals surface area contributed by atoms with Crippen LogP contribution in [0.1, 0.15) is 284 Å². The highest BCUT2D eigenvalue weighted by molar-refractivity contribution is 5.71. The summed E-state index contributed by atoms with van der Waals surface area (Å²) >= 11 is 0.